The topological polar surface area (TPSA) is 3.24 Å². The predicted molar refractivity (Wildman–Crippen MR) is 71.1 cm³/mol. The number of aryl methyl sites for hydroxylation is 1. The minimum atomic E-state index is 0.994. The van der Waals surface area contributed by atoms with E-state index in [-0.39, 0.29) is 0 Å². The molecule has 1 aliphatic heterocycles. The van der Waals surface area contributed by atoms with Gasteiger partial charge >= 0.3 is 0 Å². The van der Waals surface area contributed by atoms with Crippen LogP contribution in [0.5, 0.6) is 0 Å². The number of hydrogen-bond donors (Lipinski definition) is 0. The Bertz CT molecular complexity index is 490. The van der Waals surface area contributed by atoms with Crippen LogP contribution in [0.4, 0.5) is 5.69 Å². The van der Waals surface area contributed by atoms with Crippen molar-refractivity contribution < 1.29 is 0 Å². The summed E-state index contributed by atoms with van der Waals surface area (Å²) < 4.78 is 0. The van der Waals surface area contributed by atoms with Gasteiger partial charge in [-0.2, -0.15) is 0 Å². The monoisotopic (exact) mass is 222 g/mol. The Kier molecular flexibility index (Phi) is 2.83. The average Bonchev–Trinajstić information content (AvgIpc) is 2.40. The predicted octanol–water partition coefficient (Wildman–Crippen LogP) is 3.44. The van der Waals surface area contributed by atoms with Crippen LogP contribution in [0.3, 0.4) is 0 Å². The number of fused-ring (bicyclic) bond motifs is 1. The van der Waals surface area contributed by atoms with Gasteiger partial charge < -0.3 is 4.90 Å². The van der Waals surface area contributed by atoms with E-state index in [0.29, 0.717) is 0 Å². The van der Waals surface area contributed by atoms with Crippen LogP contribution in [0, 0.1) is 6.07 Å². The molecule has 0 unspecified atom stereocenters. The van der Waals surface area contributed by atoms with E-state index in [1.807, 2.05) is 6.07 Å². The van der Waals surface area contributed by atoms with E-state index >= 15 is 0 Å². The Morgan fingerprint density at radius 2 is 1.94 bits per heavy atom. The summed E-state index contributed by atoms with van der Waals surface area (Å²) >= 11 is 0. The number of hydrogen-bond acceptors (Lipinski definition) is 1. The van der Waals surface area contributed by atoms with E-state index in [4.69, 9.17) is 0 Å². The molecule has 0 aromatic heterocycles. The number of nitrogens with zero attached hydrogens (tertiary/aromatic N) is 1. The zero-order valence-corrected chi connectivity index (χ0v) is 9.89. The van der Waals surface area contributed by atoms with E-state index in [0.717, 1.165) is 13.1 Å². The van der Waals surface area contributed by atoms with E-state index in [2.05, 4.69) is 53.4 Å². The second-order valence-electron chi connectivity index (χ2n) is 4.55. The Morgan fingerprint density at radius 3 is 2.82 bits per heavy atom. The molecule has 0 fully saturated rings. The summed E-state index contributed by atoms with van der Waals surface area (Å²) in [6.45, 7) is 2.14. The molecule has 2 aromatic rings. The molecule has 0 saturated carbocycles. The van der Waals surface area contributed by atoms with Crippen LogP contribution in [0.25, 0.3) is 0 Å². The summed E-state index contributed by atoms with van der Waals surface area (Å²) in [5, 5.41) is 0. The van der Waals surface area contributed by atoms with Crippen molar-refractivity contribution >= 4 is 5.69 Å². The molecule has 0 aliphatic carbocycles. The lowest BCUT2D eigenvalue weighted by atomic mass is 10.0. The van der Waals surface area contributed by atoms with Gasteiger partial charge in [-0.15, -0.1) is 0 Å². The molecular formula is C16H16N. The highest BCUT2D eigenvalue weighted by Gasteiger charge is 2.16. The molecule has 0 bridgehead atoms. The van der Waals surface area contributed by atoms with Crippen molar-refractivity contribution in [3.05, 3.63) is 65.7 Å². The van der Waals surface area contributed by atoms with Crippen LogP contribution >= 0.6 is 0 Å². The zero-order valence-electron chi connectivity index (χ0n) is 9.89. The Morgan fingerprint density at radius 1 is 1.06 bits per heavy atom. The molecule has 17 heavy (non-hydrogen) atoms. The van der Waals surface area contributed by atoms with Gasteiger partial charge in [-0.3, -0.25) is 0 Å². The lowest BCUT2D eigenvalue weighted by molar-refractivity contribution is 0.690. The average molecular weight is 222 g/mol. The summed E-state index contributed by atoms with van der Waals surface area (Å²) in [5.74, 6) is 0. The fraction of sp³-hybridized carbons (Fsp3) is 0.250. The van der Waals surface area contributed by atoms with Crippen molar-refractivity contribution in [1.82, 2.24) is 0 Å². The van der Waals surface area contributed by atoms with Gasteiger partial charge in [-0.05, 0) is 24.0 Å². The lowest BCUT2D eigenvalue weighted by Gasteiger charge is -2.31. The maximum atomic E-state index is 3.39. The van der Waals surface area contributed by atoms with Crippen LogP contribution in [0.15, 0.2) is 48.5 Å². The van der Waals surface area contributed by atoms with Crippen molar-refractivity contribution in [1.29, 1.82) is 0 Å². The van der Waals surface area contributed by atoms with E-state index in [9.17, 15) is 0 Å². The zero-order chi connectivity index (χ0) is 11.5. The standard InChI is InChI=1S/C16H16N/c1-2-7-14(8-3-1)13-17-12-6-10-15-9-4-5-11-16(15)17/h1-5,7-9H,6,10,12-13H2. The summed E-state index contributed by atoms with van der Waals surface area (Å²) in [6.07, 6.45) is 2.44. The molecule has 1 heterocycles. The Hall–Kier alpha value is -1.76. The minimum Gasteiger partial charge on any atom is -0.366 e. The van der Waals surface area contributed by atoms with Gasteiger partial charge in [0, 0.05) is 24.8 Å². The van der Waals surface area contributed by atoms with Crippen LogP contribution in [0.2, 0.25) is 0 Å². The molecule has 1 aliphatic rings. The quantitative estimate of drug-likeness (QED) is 0.752. The molecule has 85 valence electrons. The smallest absolute Gasteiger partial charge is 0.0482 e. The number of benzene rings is 2. The highest BCUT2D eigenvalue weighted by Crippen LogP contribution is 2.27. The first-order chi connectivity index (χ1) is 8.43. The third-order valence-corrected chi connectivity index (χ3v) is 3.32. The first-order valence-corrected chi connectivity index (χ1v) is 6.22. The summed E-state index contributed by atoms with van der Waals surface area (Å²) in [4.78, 5) is 2.44. The molecule has 1 radical (unpaired) electrons. The molecule has 0 amide bonds. The van der Waals surface area contributed by atoms with Gasteiger partial charge in [-0.25, -0.2) is 0 Å². The van der Waals surface area contributed by atoms with Crippen molar-refractivity contribution in [2.75, 3.05) is 11.4 Å². The first kappa shape index (κ1) is 10.4. The fourth-order valence-electron chi connectivity index (χ4n) is 2.49. The number of para-hydroxylation sites is 1. The molecule has 0 atom stereocenters. The van der Waals surface area contributed by atoms with Crippen molar-refractivity contribution in [2.24, 2.45) is 0 Å². The maximum absolute atomic E-state index is 3.39. The highest BCUT2D eigenvalue weighted by molar-refractivity contribution is 5.54. The normalized spacial score (nSPS) is 14.5. The molecule has 3 rings (SSSR count). The van der Waals surface area contributed by atoms with Gasteiger partial charge in [0.25, 0.3) is 0 Å². The second kappa shape index (κ2) is 4.62. The molecule has 0 N–H and O–H groups in total. The van der Waals surface area contributed by atoms with Crippen molar-refractivity contribution in [3.8, 4) is 0 Å². The van der Waals surface area contributed by atoms with Crippen LogP contribution in [0.1, 0.15) is 17.5 Å². The molecule has 0 saturated heterocycles. The summed E-state index contributed by atoms with van der Waals surface area (Å²) in [6, 6.07) is 20.4. The van der Waals surface area contributed by atoms with E-state index in [1.165, 1.54) is 29.7 Å². The number of anilines is 1. The van der Waals surface area contributed by atoms with Gasteiger partial charge in [-0.1, -0.05) is 48.5 Å². The SMILES string of the molecule is [c]1cccc2c1N(Cc1ccccc1)CCC2. The largest absolute Gasteiger partial charge is 0.366 e. The van der Waals surface area contributed by atoms with Gasteiger partial charge in [0.2, 0.25) is 0 Å². The van der Waals surface area contributed by atoms with Crippen LogP contribution in [-0.4, -0.2) is 6.54 Å². The lowest BCUT2D eigenvalue weighted by Crippen LogP contribution is -2.28. The molecule has 0 spiro atoms. The third-order valence-electron chi connectivity index (χ3n) is 3.32. The second-order valence-corrected chi connectivity index (χ2v) is 4.55. The number of rotatable bonds is 2. The molecular weight excluding hydrogens is 206 g/mol. The molecule has 1 heteroatoms. The Labute approximate surface area is 103 Å². The maximum Gasteiger partial charge on any atom is 0.0482 e. The summed E-state index contributed by atoms with van der Waals surface area (Å²) in [5.41, 5.74) is 4.11. The van der Waals surface area contributed by atoms with Crippen molar-refractivity contribution in [3.63, 3.8) is 0 Å². The van der Waals surface area contributed by atoms with Gasteiger partial charge in [0.15, 0.2) is 0 Å². The third kappa shape index (κ3) is 2.19. The van der Waals surface area contributed by atoms with Crippen LogP contribution in [-0.2, 0) is 13.0 Å². The Balaban J connectivity index is 1.86. The van der Waals surface area contributed by atoms with E-state index < -0.39 is 0 Å². The van der Waals surface area contributed by atoms with Crippen molar-refractivity contribution in [2.45, 2.75) is 19.4 Å². The fourth-order valence-corrected chi connectivity index (χ4v) is 2.49. The van der Waals surface area contributed by atoms with E-state index in [1.54, 1.807) is 0 Å². The minimum absolute atomic E-state index is 0.994. The molecule has 1 nitrogen and oxygen atoms in total. The first-order valence-electron chi connectivity index (χ1n) is 6.22. The summed E-state index contributed by atoms with van der Waals surface area (Å²) in [7, 11) is 0. The van der Waals surface area contributed by atoms with Gasteiger partial charge in [0.1, 0.15) is 0 Å². The van der Waals surface area contributed by atoms with Gasteiger partial charge in [0.05, 0.1) is 0 Å². The highest BCUT2D eigenvalue weighted by atomic mass is 15.1. The van der Waals surface area contributed by atoms with Crippen LogP contribution < -0.4 is 4.90 Å². The molecule has 2 aromatic carbocycles.